The van der Waals surface area contributed by atoms with E-state index in [0.717, 1.165) is 35.8 Å². The van der Waals surface area contributed by atoms with Crippen molar-refractivity contribution >= 4 is 11.5 Å². The van der Waals surface area contributed by atoms with Crippen LogP contribution in [-0.2, 0) is 6.54 Å². The SMILES string of the molecule is C=C1NCCC1(C)C(=C)Nc1ccnc(-c2cc(C3=NCC=C3)n(Cc3ccccc3F)n2)n1. The van der Waals surface area contributed by atoms with Gasteiger partial charge in [0, 0.05) is 35.1 Å². The van der Waals surface area contributed by atoms with Crippen LogP contribution < -0.4 is 10.6 Å². The summed E-state index contributed by atoms with van der Waals surface area (Å²) >= 11 is 0. The lowest BCUT2D eigenvalue weighted by atomic mass is 9.84. The van der Waals surface area contributed by atoms with Crippen LogP contribution in [0.4, 0.5) is 10.2 Å². The van der Waals surface area contributed by atoms with E-state index in [1.54, 1.807) is 29.1 Å². The fourth-order valence-electron chi connectivity index (χ4n) is 4.16. The average Bonchev–Trinajstić information content (AvgIpc) is 3.57. The first-order valence-electron chi connectivity index (χ1n) is 11.2. The summed E-state index contributed by atoms with van der Waals surface area (Å²) in [4.78, 5) is 13.6. The van der Waals surface area contributed by atoms with Gasteiger partial charge in [-0.15, -0.1) is 0 Å². The summed E-state index contributed by atoms with van der Waals surface area (Å²) in [5, 5.41) is 11.3. The normalized spacial score (nSPS) is 19.2. The van der Waals surface area contributed by atoms with Crippen LogP contribution in [0.1, 0.15) is 24.6 Å². The third kappa shape index (κ3) is 4.03. The van der Waals surface area contributed by atoms with E-state index in [9.17, 15) is 4.39 Å². The lowest BCUT2D eigenvalue weighted by Gasteiger charge is -2.27. The minimum absolute atomic E-state index is 0.257. The monoisotopic (exact) mass is 455 g/mol. The number of allylic oxidation sites excluding steroid dienone is 1. The molecule has 3 aromatic rings. The summed E-state index contributed by atoms with van der Waals surface area (Å²) in [6, 6.07) is 10.4. The number of aliphatic imine (C=N–C) groups is 1. The van der Waals surface area contributed by atoms with Crippen molar-refractivity contribution in [2.75, 3.05) is 18.4 Å². The van der Waals surface area contributed by atoms with E-state index in [1.165, 1.54) is 6.07 Å². The second-order valence-corrected chi connectivity index (χ2v) is 8.65. The van der Waals surface area contributed by atoms with Gasteiger partial charge in [0.25, 0.3) is 0 Å². The number of hydrogen-bond acceptors (Lipinski definition) is 6. The molecule has 34 heavy (non-hydrogen) atoms. The Hall–Kier alpha value is -4.07. The third-order valence-electron chi connectivity index (χ3n) is 6.42. The van der Waals surface area contributed by atoms with Gasteiger partial charge in [-0.05, 0) is 37.6 Å². The Balaban J connectivity index is 1.46. The molecule has 1 unspecified atom stereocenters. The molecule has 1 aromatic carbocycles. The van der Waals surface area contributed by atoms with Gasteiger partial charge in [0.15, 0.2) is 5.82 Å². The summed E-state index contributed by atoms with van der Waals surface area (Å²) in [7, 11) is 0. The molecule has 1 fully saturated rings. The predicted octanol–water partition coefficient (Wildman–Crippen LogP) is 4.33. The van der Waals surface area contributed by atoms with Crippen molar-refractivity contribution in [1.82, 2.24) is 25.1 Å². The molecule has 5 rings (SSSR count). The van der Waals surface area contributed by atoms with Gasteiger partial charge in [0.05, 0.1) is 24.5 Å². The van der Waals surface area contributed by atoms with E-state index >= 15 is 0 Å². The lowest BCUT2D eigenvalue weighted by Crippen LogP contribution is -2.24. The molecule has 8 heteroatoms. The van der Waals surface area contributed by atoms with Gasteiger partial charge in [-0.3, -0.25) is 9.67 Å². The largest absolute Gasteiger partial charge is 0.388 e. The molecule has 0 amide bonds. The van der Waals surface area contributed by atoms with Crippen LogP contribution in [0.15, 0.2) is 84.3 Å². The summed E-state index contributed by atoms with van der Waals surface area (Å²) in [5.41, 5.74) is 4.24. The first-order valence-corrected chi connectivity index (χ1v) is 11.2. The molecular formula is C26H26FN7. The molecule has 0 bridgehead atoms. The molecule has 2 N–H and O–H groups in total. The van der Waals surface area contributed by atoms with Crippen LogP contribution in [0.2, 0.25) is 0 Å². The van der Waals surface area contributed by atoms with E-state index in [2.05, 4.69) is 45.7 Å². The maximum absolute atomic E-state index is 14.3. The van der Waals surface area contributed by atoms with E-state index in [4.69, 9.17) is 5.10 Å². The summed E-state index contributed by atoms with van der Waals surface area (Å²) in [6.45, 7) is 12.2. The first-order chi connectivity index (χ1) is 16.4. The fraction of sp³-hybridized carbons (Fsp3) is 0.231. The predicted molar refractivity (Wildman–Crippen MR) is 132 cm³/mol. The van der Waals surface area contributed by atoms with Gasteiger partial charge in [-0.2, -0.15) is 5.10 Å². The van der Waals surface area contributed by atoms with Gasteiger partial charge in [-0.1, -0.05) is 37.4 Å². The molecule has 0 saturated carbocycles. The smallest absolute Gasteiger partial charge is 0.182 e. The number of nitrogens with zero attached hydrogens (tertiary/aromatic N) is 5. The minimum atomic E-state index is -0.271. The van der Waals surface area contributed by atoms with Gasteiger partial charge < -0.3 is 10.6 Å². The maximum Gasteiger partial charge on any atom is 0.182 e. The Bertz CT molecular complexity index is 1340. The van der Waals surface area contributed by atoms with Gasteiger partial charge in [0.2, 0.25) is 0 Å². The Kier molecular flexibility index (Phi) is 5.57. The maximum atomic E-state index is 14.3. The molecular weight excluding hydrogens is 429 g/mol. The number of anilines is 1. The third-order valence-corrected chi connectivity index (χ3v) is 6.42. The Morgan fingerprint density at radius 3 is 2.88 bits per heavy atom. The van der Waals surface area contributed by atoms with Crippen LogP contribution in [-0.4, -0.2) is 38.5 Å². The first kappa shape index (κ1) is 21.8. The standard InChI is InChI=1S/C26H26FN7/c1-17-26(3,11-14-28-17)18(2)31-24-10-13-30-25(32-24)22-15-23(21-9-6-12-29-21)34(33-22)16-19-7-4-5-8-20(19)27/h4-10,13,15,28H,1-2,11-12,14,16H2,3H3,(H,30,31,32). The average molecular weight is 456 g/mol. The number of aromatic nitrogens is 4. The zero-order valence-electron chi connectivity index (χ0n) is 19.1. The summed E-state index contributed by atoms with van der Waals surface area (Å²) in [5.74, 6) is 0.813. The molecule has 2 aromatic heterocycles. The Morgan fingerprint density at radius 1 is 1.29 bits per heavy atom. The fourth-order valence-corrected chi connectivity index (χ4v) is 4.16. The molecule has 7 nitrogen and oxygen atoms in total. The zero-order valence-corrected chi connectivity index (χ0v) is 19.1. The Labute approximate surface area is 197 Å². The molecule has 4 heterocycles. The van der Waals surface area contributed by atoms with E-state index in [0.29, 0.717) is 29.4 Å². The number of benzene rings is 1. The van der Waals surface area contributed by atoms with Crippen LogP contribution >= 0.6 is 0 Å². The highest BCUT2D eigenvalue weighted by molar-refractivity contribution is 6.09. The number of nitrogens with one attached hydrogen (secondary N) is 2. The number of rotatable bonds is 7. The van der Waals surface area contributed by atoms with Crippen molar-refractivity contribution in [3.05, 3.63) is 96.4 Å². The molecule has 0 spiro atoms. The van der Waals surface area contributed by atoms with Crippen molar-refractivity contribution in [2.24, 2.45) is 10.4 Å². The van der Waals surface area contributed by atoms with E-state index in [1.807, 2.05) is 24.3 Å². The van der Waals surface area contributed by atoms with Crippen LogP contribution in [0.5, 0.6) is 0 Å². The summed E-state index contributed by atoms with van der Waals surface area (Å²) < 4.78 is 16.1. The van der Waals surface area contributed by atoms with Crippen molar-refractivity contribution in [2.45, 2.75) is 19.9 Å². The molecule has 2 aliphatic rings. The van der Waals surface area contributed by atoms with Crippen LogP contribution in [0.3, 0.4) is 0 Å². The highest BCUT2D eigenvalue weighted by atomic mass is 19.1. The van der Waals surface area contributed by atoms with Crippen LogP contribution in [0, 0.1) is 11.2 Å². The summed E-state index contributed by atoms with van der Waals surface area (Å²) in [6.07, 6.45) is 6.53. The second-order valence-electron chi connectivity index (χ2n) is 8.65. The van der Waals surface area contributed by atoms with Crippen molar-refractivity contribution < 1.29 is 4.39 Å². The zero-order chi connectivity index (χ0) is 23.7. The molecule has 0 aliphatic carbocycles. The quantitative estimate of drug-likeness (QED) is 0.555. The molecule has 0 radical (unpaired) electrons. The number of hydrogen-bond donors (Lipinski definition) is 2. The minimum Gasteiger partial charge on any atom is -0.388 e. The number of halogens is 1. The highest BCUT2D eigenvalue weighted by Crippen LogP contribution is 2.39. The second kappa shape index (κ2) is 8.70. The van der Waals surface area contributed by atoms with Crippen molar-refractivity contribution in [3.8, 4) is 11.5 Å². The molecule has 1 saturated heterocycles. The van der Waals surface area contributed by atoms with E-state index < -0.39 is 0 Å². The van der Waals surface area contributed by atoms with Crippen molar-refractivity contribution in [3.63, 3.8) is 0 Å². The Morgan fingerprint density at radius 2 is 2.15 bits per heavy atom. The topological polar surface area (TPSA) is 80.0 Å². The molecule has 172 valence electrons. The van der Waals surface area contributed by atoms with Crippen molar-refractivity contribution in [1.29, 1.82) is 0 Å². The van der Waals surface area contributed by atoms with Gasteiger partial charge >= 0.3 is 0 Å². The molecule has 1 atom stereocenters. The van der Waals surface area contributed by atoms with Gasteiger partial charge in [0.1, 0.15) is 17.3 Å². The van der Waals surface area contributed by atoms with E-state index in [-0.39, 0.29) is 17.8 Å². The lowest BCUT2D eigenvalue weighted by molar-refractivity contribution is 0.509. The van der Waals surface area contributed by atoms with Crippen LogP contribution in [0.25, 0.3) is 11.5 Å². The highest BCUT2D eigenvalue weighted by Gasteiger charge is 2.35. The molecule has 2 aliphatic heterocycles. The van der Waals surface area contributed by atoms with Gasteiger partial charge in [-0.25, -0.2) is 14.4 Å².